The van der Waals surface area contributed by atoms with Crippen LogP contribution in [0.4, 0.5) is 23.2 Å². The minimum absolute atomic E-state index is 0.000000000000000444. The topological polar surface area (TPSA) is 146 Å². The number of aliphatic hydroxyl groups is 1. The molecule has 0 aliphatic carbocycles. The zero-order valence-electron chi connectivity index (χ0n) is 23.6. The number of hydrogen-bond acceptors (Lipinski definition) is 9. The average molecular weight is 613 g/mol. The fourth-order valence-corrected chi connectivity index (χ4v) is 4.06. The maximum atomic E-state index is 14.5. The Morgan fingerprint density at radius 2 is 1.74 bits per heavy atom. The molecule has 43 heavy (non-hydrogen) atoms. The number of halogens is 4. The second kappa shape index (κ2) is 16.8. The Bertz CT molecular complexity index is 1380. The summed E-state index contributed by atoms with van der Waals surface area (Å²) in [5.41, 5.74) is 4.63. The summed E-state index contributed by atoms with van der Waals surface area (Å²) in [6, 6.07) is 8.02. The third-order valence-electron chi connectivity index (χ3n) is 6.11. The monoisotopic (exact) mass is 612 g/mol. The molecule has 0 saturated heterocycles. The molecule has 3 aromatic rings. The van der Waals surface area contributed by atoms with Gasteiger partial charge in [0.2, 0.25) is 5.91 Å². The van der Waals surface area contributed by atoms with Gasteiger partial charge < -0.3 is 34.7 Å². The predicted molar refractivity (Wildman–Crippen MR) is 148 cm³/mol. The minimum Gasteiger partial charge on any atom is -0.497 e. The predicted octanol–water partition coefficient (Wildman–Crippen LogP) is 2.91. The number of rotatable bonds is 14. The smallest absolute Gasteiger partial charge is 0.387 e. The quantitative estimate of drug-likeness (QED) is 0.207. The van der Waals surface area contributed by atoms with E-state index < -0.39 is 41.7 Å². The first-order valence-electron chi connectivity index (χ1n) is 12.7. The highest BCUT2D eigenvalue weighted by atomic mass is 19.3. The van der Waals surface area contributed by atoms with Crippen LogP contribution in [0.1, 0.15) is 34.3 Å². The van der Waals surface area contributed by atoms with E-state index in [2.05, 4.69) is 9.84 Å². The van der Waals surface area contributed by atoms with Gasteiger partial charge in [0.15, 0.2) is 0 Å². The molecule has 0 aliphatic rings. The number of hydrogen-bond donors (Lipinski definition) is 2. The van der Waals surface area contributed by atoms with E-state index in [0.29, 0.717) is 6.29 Å². The molecule has 0 spiro atoms. The molecule has 2 atom stereocenters. The number of nitrogens with two attached hydrogens (primary N) is 1. The van der Waals surface area contributed by atoms with Crippen molar-refractivity contribution in [1.29, 1.82) is 0 Å². The number of aromatic nitrogens is 2. The van der Waals surface area contributed by atoms with Gasteiger partial charge in [-0.1, -0.05) is 0 Å². The van der Waals surface area contributed by atoms with E-state index in [-0.39, 0.29) is 54.5 Å². The number of amides is 1. The summed E-state index contributed by atoms with van der Waals surface area (Å²) in [7, 11) is 4.30. The van der Waals surface area contributed by atoms with Crippen molar-refractivity contribution in [3.05, 3.63) is 81.8 Å². The van der Waals surface area contributed by atoms with E-state index in [1.54, 1.807) is 7.05 Å². The van der Waals surface area contributed by atoms with Crippen LogP contribution in [0.3, 0.4) is 0 Å². The van der Waals surface area contributed by atoms with Gasteiger partial charge in [0.25, 0.3) is 5.56 Å². The van der Waals surface area contributed by atoms with E-state index in [0.717, 1.165) is 16.8 Å². The SMILES string of the molecule is COCC(CO)n1nccc(N(C)CC(CC=O)c2c(F)cc(OC)cc2F)c1=O.NC(=O)c1ccc(OC(F)F)cc1. The number of aliphatic hydroxyl groups excluding tert-OH is 1. The highest BCUT2D eigenvalue weighted by Crippen LogP contribution is 2.30. The van der Waals surface area contributed by atoms with Gasteiger partial charge in [-0.15, -0.1) is 0 Å². The van der Waals surface area contributed by atoms with E-state index in [9.17, 15) is 37.1 Å². The van der Waals surface area contributed by atoms with Gasteiger partial charge in [-0.05, 0) is 30.3 Å². The number of likely N-dealkylation sites (N-methyl/N-ethyl adjacent to an activating group) is 1. The molecule has 3 N–H and O–H groups in total. The van der Waals surface area contributed by atoms with E-state index in [1.165, 1.54) is 55.6 Å². The van der Waals surface area contributed by atoms with E-state index in [4.69, 9.17) is 15.2 Å². The Kier molecular flexibility index (Phi) is 13.6. The van der Waals surface area contributed by atoms with Crippen LogP contribution in [0.25, 0.3) is 0 Å². The van der Waals surface area contributed by atoms with Crippen molar-refractivity contribution in [3.8, 4) is 11.5 Å². The molecule has 0 aliphatic heterocycles. The molecule has 2 unspecified atom stereocenters. The van der Waals surface area contributed by atoms with E-state index in [1.807, 2.05) is 0 Å². The van der Waals surface area contributed by atoms with Crippen LogP contribution >= 0.6 is 0 Å². The first kappa shape index (κ1) is 34.7. The van der Waals surface area contributed by atoms with Gasteiger partial charge >= 0.3 is 6.61 Å². The second-order valence-electron chi connectivity index (χ2n) is 9.01. The summed E-state index contributed by atoms with van der Waals surface area (Å²) in [6.45, 7) is -3.15. The lowest BCUT2D eigenvalue weighted by Gasteiger charge is -2.26. The van der Waals surface area contributed by atoms with Crippen LogP contribution in [0, 0.1) is 11.6 Å². The molecule has 0 bridgehead atoms. The molecule has 15 heteroatoms. The largest absolute Gasteiger partial charge is 0.497 e. The summed E-state index contributed by atoms with van der Waals surface area (Å²) in [5.74, 6) is -3.09. The van der Waals surface area contributed by atoms with Crippen LogP contribution < -0.4 is 25.7 Å². The highest BCUT2D eigenvalue weighted by molar-refractivity contribution is 5.92. The van der Waals surface area contributed by atoms with Crippen LogP contribution in [0.15, 0.2) is 53.5 Å². The summed E-state index contributed by atoms with van der Waals surface area (Å²) in [4.78, 5) is 36.1. The summed E-state index contributed by atoms with van der Waals surface area (Å²) < 4.78 is 67.4. The Hall–Kier alpha value is -4.50. The molecule has 1 amide bonds. The van der Waals surface area contributed by atoms with Crippen LogP contribution in [0.2, 0.25) is 0 Å². The molecule has 1 heterocycles. The van der Waals surface area contributed by atoms with Gasteiger partial charge in [0.05, 0.1) is 20.3 Å². The number of benzene rings is 2. The Balaban J connectivity index is 0.000000413. The number of carbonyl (C=O) groups is 2. The van der Waals surface area contributed by atoms with Gasteiger partial charge in [-0.25, -0.2) is 13.5 Å². The number of methoxy groups -OCH3 is 2. The fourth-order valence-electron chi connectivity index (χ4n) is 4.06. The Morgan fingerprint density at radius 3 is 2.23 bits per heavy atom. The lowest BCUT2D eigenvalue weighted by atomic mass is 9.94. The van der Waals surface area contributed by atoms with Crippen LogP contribution in [-0.2, 0) is 9.53 Å². The first-order chi connectivity index (χ1) is 20.5. The lowest BCUT2D eigenvalue weighted by Crippen LogP contribution is -2.37. The maximum absolute atomic E-state index is 14.5. The van der Waals surface area contributed by atoms with Crippen molar-refractivity contribution in [1.82, 2.24) is 9.78 Å². The molecule has 0 saturated carbocycles. The van der Waals surface area contributed by atoms with Crippen molar-refractivity contribution < 1.29 is 46.5 Å². The molecule has 11 nitrogen and oxygen atoms in total. The summed E-state index contributed by atoms with van der Waals surface area (Å²) >= 11 is 0. The van der Waals surface area contributed by atoms with Gasteiger partial charge in [-0.3, -0.25) is 9.59 Å². The first-order valence-corrected chi connectivity index (χ1v) is 12.7. The summed E-state index contributed by atoms with van der Waals surface area (Å²) in [5, 5.41) is 13.5. The molecule has 0 fully saturated rings. The summed E-state index contributed by atoms with van der Waals surface area (Å²) in [6.07, 6.45) is 1.81. The van der Waals surface area contributed by atoms with Gasteiger partial charge in [0.1, 0.15) is 41.1 Å². The highest BCUT2D eigenvalue weighted by Gasteiger charge is 2.25. The number of primary amides is 1. The third-order valence-corrected chi connectivity index (χ3v) is 6.11. The second-order valence-corrected chi connectivity index (χ2v) is 9.01. The number of anilines is 1. The molecule has 3 rings (SSSR count). The molecule has 1 aromatic heterocycles. The van der Waals surface area contributed by atoms with Crippen molar-refractivity contribution in [3.63, 3.8) is 0 Å². The standard InChI is InChI=1S/C20H25F2N3O5.C8H7F2NO2/c1-24(18-4-6-23-25(20(18)28)14(11-27)12-29-2)10-13(5-7-26)19-16(21)8-15(30-3)9-17(19)22;9-8(10)13-6-3-1-5(2-4-6)7(11)12/h4,6-9,13-14,27H,5,10-12H2,1-3H3;1-4,8H,(H2,11,12). The number of carbonyl (C=O) groups excluding carboxylic acids is 2. The fraction of sp³-hybridized carbons (Fsp3) is 0.357. The maximum Gasteiger partial charge on any atom is 0.387 e. The molecular formula is C28H32F4N4O7. The lowest BCUT2D eigenvalue weighted by molar-refractivity contribution is -0.108. The van der Waals surface area contributed by atoms with Crippen molar-refractivity contribution in [2.24, 2.45) is 5.73 Å². The third kappa shape index (κ3) is 9.78. The molecular weight excluding hydrogens is 580 g/mol. The normalized spacial score (nSPS) is 12.1. The van der Waals surface area contributed by atoms with Gasteiger partial charge in [0, 0.05) is 62.5 Å². The van der Waals surface area contributed by atoms with Crippen LogP contribution in [0.5, 0.6) is 11.5 Å². The molecule has 2 aromatic carbocycles. The Morgan fingerprint density at radius 1 is 1.12 bits per heavy atom. The van der Waals surface area contributed by atoms with Crippen molar-refractivity contribution >= 4 is 17.9 Å². The Labute approximate surface area is 244 Å². The molecule has 234 valence electrons. The molecule has 0 radical (unpaired) electrons. The zero-order valence-corrected chi connectivity index (χ0v) is 23.6. The number of aldehydes is 1. The number of nitrogens with zero attached hydrogens (tertiary/aromatic N) is 3. The van der Waals surface area contributed by atoms with Crippen molar-refractivity contribution in [2.75, 3.05) is 45.9 Å². The minimum atomic E-state index is -2.86. The number of ether oxygens (including phenoxy) is 3. The zero-order chi connectivity index (χ0) is 32.1. The van der Waals surface area contributed by atoms with Gasteiger partial charge in [-0.2, -0.15) is 13.9 Å². The van der Waals surface area contributed by atoms with Crippen molar-refractivity contribution in [2.45, 2.75) is 25.0 Å². The van der Waals surface area contributed by atoms with E-state index >= 15 is 0 Å². The van der Waals surface area contributed by atoms with Crippen LogP contribution in [-0.4, -0.2) is 74.7 Å². The average Bonchev–Trinajstić information content (AvgIpc) is 2.96. The number of alkyl halides is 2.